The van der Waals surface area contributed by atoms with E-state index in [4.69, 9.17) is 0 Å². The fourth-order valence-electron chi connectivity index (χ4n) is 4.21. The Balaban J connectivity index is 0.00000192. The summed E-state index contributed by atoms with van der Waals surface area (Å²) in [6.07, 6.45) is 0. The third kappa shape index (κ3) is 2.92. The summed E-state index contributed by atoms with van der Waals surface area (Å²) >= 11 is 0. The second-order valence-electron chi connectivity index (χ2n) is 7.35. The minimum absolute atomic E-state index is 0. The van der Waals surface area contributed by atoms with Gasteiger partial charge < -0.3 is 34.3 Å². The van der Waals surface area contributed by atoms with E-state index in [9.17, 15) is 0 Å². The number of benzene rings is 3. The molecule has 0 saturated heterocycles. The van der Waals surface area contributed by atoms with Crippen molar-refractivity contribution in [2.45, 2.75) is 13.8 Å². The highest BCUT2D eigenvalue weighted by Crippen LogP contribution is 2.35. The Labute approximate surface area is 181 Å². The van der Waals surface area contributed by atoms with Crippen molar-refractivity contribution in [1.29, 1.82) is 0 Å². The second kappa shape index (κ2) is 7.09. The Kier molecular flexibility index (Phi) is 4.75. The number of aromatic amines is 1. The Morgan fingerprint density at radius 1 is 0.821 bits per heavy atom. The van der Waals surface area contributed by atoms with Gasteiger partial charge in [0.05, 0.1) is 22.0 Å². The molecule has 0 fully saturated rings. The van der Waals surface area contributed by atoms with Crippen LogP contribution in [0.3, 0.4) is 0 Å². The fourth-order valence-corrected chi connectivity index (χ4v) is 4.21. The number of pyridine rings is 1. The number of hydrogen-bond acceptors (Lipinski definition) is 1. The predicted octanol–water partition coefficient (Wildman–Crippen LogP) is 2.66. The minimum atomic E-state index is 0. The first kappa shape index (κ1) is 18.7. The van der Waals surface area contributed by atoms with Crippen molar-refractivity contribution >= 4 is 44.2 Å². The summed E-state index contributed by atoms with van der Waals surface area (Å²) in [4.78, 5) is 3.65. The molecule has 0 aliphatic heterocycles. The van der Waals surface area contributed by atoms with Crippen molar-refractivity contribution in [3.63, 3.8) is 0 Å². The summed E-state index contributed by atoms with van der Waals surface area (Å²) in [6.45, 7) is 4.28. The first-order valence-electron chi connectivity index (χ1n) is 9.28. The number of para-hydroxylation sites is 2. The first-order valence-corrected chi connectivity index (χ1v) is 9.28. The largest absolute Gasteiger partial charge is 1.00 e. The quantitative estimate of drug-likeness (QED) is 0.296. The zero-order valence-electron chi connectivity index (χ0n) is 16.2. The van der Waals surface area contributed by atoms with Crippen molar-refractivity contribution in [3.8, 4) is 0 Å². The highest BCUT2D eigenvalue weighted by atomic mass is 127. The van der Waals surface area contributed by atoms with Gasteiger partial charge in [0.15, 0.2) is 0 Å². The Bertz CT molecular complexity index is 1310. The van der Waals surface area contributed by atoms with Gasteiger partial charge in [-0.15, -0.1) is 0 Å². The summed E-state index contributed by atoms with van der Waals surface area (Å²) in [7, 11) is 2.14. The molecule has 0 aliphatic rings. The lowest BCUT2D eigenvalue weighted by Crippen LogP contribution is -3.00. The van der Waals surface area contributed by atoms with E-state index in [0.29, 0.717) is 0 Å². The first-order chi connectivity index (χ1) is 13.1. The summed E-state index contributed by atoms with van der Waals surface area (Å²) in [5, 5.41) is 6.16. The number of H-pyrrole nitrogens is 1. The van der Waals surface area contributed by atoms with Crippen LogP contribution in [0.2, 0.25) is 0 Å². The van der Waals surface area contributed by atoms with Crippen LogP contribution in [-0.4, -0.2) is 4.98 Å². The van der Waals surface area contributed by atoms with E-state index in [0.717, 1.165) is 22.4 Å². The molecule has 3 nitrogen and oxygen atoms in total. The van der Waals surface area contributed by atoms with E-state index in [1.54, 1.807) is 0 Å². The molecule has 2 heterocycles. The number of fused-ring (bicyclic) bond motifs is 4. The van der Waals surface area contributed by atoms with E-state index in [2.05, 4.69) is 102 Å². The van der Waals surface area contributed by atoms with Gasteiger partial charge in [0.2, 0.25) is 11.0 Å². The predicted molar refractivity (Wildman–Crippen MR) is 114 cm³/mol. The molecule has 0 saturated carbocycles. The lowest BCUT2D eigenvalue weighted by Gasteiger charge is -2.12. The summed E-state index contributed by atoms with van der Waals surface area (Å²) < 4.78 is 2.29. The molecule has 140 valence electrons. The molecule has 0 amide bonds. The maximum absolute atomic E-state index is 3.72. The van der Waals surface area contributed by atoms with Crippen LogP contribution in [0.1, 0.15) is 11.1 Å². The minimum Gasteiger partial charge on any atom is -1.00 e. The molecule has 5 rings (SSSR count). The van der Waals surface area contributed by atoms with Crippen LogP contribution in [0.4, 0.5) is 11.4 Å². The summed E-state index contributed by atoms with van der Waals surface area (Å²) in [5.41, 5.74) is 9.48. The molecule has 5 aromatic rings. The highest BCUT2D eigenvalue weighted by molar-refractivity contribution is 6.13. The Morgan fingerprint density at radius 3 is 2.21 bits per heavy atom. The van der Waals surface area contributed by atoms with E-state index in [-0.39, 0.29) is 24.0 Å². The van der Waals surface area contributed by atoms with Gasteiger partial charge in [0.1, 0.15) is 12.6 Å². The molecule has 4 heteroatoms. The van der Waals surface area contributed by atoms with Crippen LogP contribution >= 0.6 is 0 Å². The van der Waals surface area contributed by atoms with Crippen LogP contribution in [-0.2, 0) is 7.05 Å². The molecule has 0 atom stereocenters. The second-order valence-corrected chi connectivity index (χ2v) is 7.35. The van der Waals surface area contributed by atoms with Gasteiger partial charge in [0.25, 0.3) is 0 Å². The zero-order chi connectivity index (χ0) is 18.5. The van der Waals surface area contributed by atoms with Crippen molar-refractivity contribution in [3.05, 3.63) is 77.9 Å². The van der Waals surface area contributed by atoms with Crippen molar-refractivity contribution < 1.29 is 28.5 Å². The van der Waals surface area contributed by atoms with Gasteiger partial charge >= 0.3 is 0 Å². The van der Waals surface area contributed by atoms with Gasteiger partial charge in [-0.25, -0.2) is 0 Å². The topological polar surface area (TPSA) is 31.7 Å². The number of anilines is 2. The number of rotatable bonds is 2. The van der Waals surface area contributed by atoms with Crippen LogP contribution in [0, 0.1) is 13.8 Å². The number of halogens is 1. The Morgan fingerprint density at radius 2 is 1.46 bits per heavy atom. The average molecular weight is 479 g/mol. The molecule has 2 N–H and O–H groups in total. The van der Waals surface area contributed by atoms with Crippen molar-refractivity contribution in [1.82, 2.24) is 4.98 Å². The molecular formula is C24H22IN3. The van der Waals surface area contributed by atoms with Crippen LogP contribution in [0.25, 0.3) is 32.8 Å². The zero-order valence-corrected chi connectivity index (χ0v) is 18.3. The van der Waals surface area contributed by atoms with Crippen LogP contribution in [0.15, 0.2) is 66.7 Å². The number of nitrogens with zero attached hydrogens (tertiary/aromatic N) is 1. The van der Waals surface area contributed by atoms with Gasteiger partial charge in [-0.3, -0.25) is 0 Å². The molecular weight excluding hydrogens is 457 g/mol. The normalized spacial score (nSPS) is 11.1. The standard InChI is InChI=1S/C24H21N3.HI/c1-15-12-16(2)14-17(13-15)25-22-19-9-5-7-11-21(19)27(3)24-18-8-4-6-10-20(18)26-23(22)24;/h4-14H,1-3H3,(H,25,26);1H. The van der Waals surface area contributed by atoms with E-state index in [1.165, 1.54) is 32.9 Å². The lowest BCUT2D eigenvalue weighted by molar-refractivity contribution is -0.616. The number of hydrogen-bond donors (Lipinski definition) is 2. The van der Waals surface area contributed by atoms with E-state index < -0.39 is 0 Å². The monoisotopic (exact) mass is 479 g/mol. The SMILES string of the molecule is Cc1cc(C)cc(Nc2c3ccccc3[n+](C)c3c2[nH]c2ccccc23)c1.[I-]. The Hall–Kier alpha value is -2.60. The molecule has 2 aromatic heterocycles. The summed E-state index contributed by atoms with van der Waals surface area (Å²) in [6, 6.07) is 23.7. The number of nitrogens with one attached hydrogen (secondary N) is 2. The maximum Gasteiger partial charge on any atom is 0.240 e. The number of aromatic nitrogens is 2. The molecule has 0 unspecified atom stereocenters. The maximum atomic E-state index is 3.72. The fraction of sp³-hybridized carbons (Fsp3) is 0.125. The van der Waals surface area contributed by atoms with E-state index >= 15 is 0 Å². The van der Waals surface area contributed by atoms with Crippen LogP contribution < -0.4 is 33.9 Å². The molecule has 3 aromatic carbocycles. The summed E-state index contributed by atoms with van der Waals surface area (Å²) in [5.74, 6) is 0. The highest BCUT2D eigenvalue weighted by Gasteiger charge is 2.22. The van der Waals surface area contributed by atoms with Crippen LogP contribution in [0.5, 0.6) is 0 Å². The molecule has 0 aliphatic carbocycles. The van der Waals surface area contributed by atoms with Gasteiger partial charge in [-0.05, 0) is 55.3 Å². The molecule has 0 bridgehead atoms. The number of aryl methyl sites for hydroxylation is 3. The smallest absolute Gasteiger partial charge is 0.240 e. The van der Waals surface area contributed by atoms with Crippen molar-refractivity contribution in [2.75, 3.05) is 5.32 Å². The molecule has 28 heavy (non-hydrogen) atoms. The van der Waals surface area contributed by atoms with E-state index in [1.807, 2.05) is 0 Å². The third-order valence-electron chi connectivity index (χ3n) is 5.29. The van der Waals surface area contributed by atoms with Gasteiger partial charge in [-0.2, -0.15) is 4.57 Å². The van der Waals surface area contributed by atoms with Crippen molar-refractivity contribution in [2.24, 2.45) is 7.05 Å². The lowest BCUT2D eigenvalue weighted by atomic mass is 10.1. The molecule has 0 radical (unpaired) electrons. The molecule has 0 spiro atoms. The third-order valence-corrected chi connectivity index (χ3v) is 5.29. The van der Waals surface area contributed by atoms with Gasteiger partial charge in [-0.1, -0.05) is 30.3 Å². The average Bonchev–Trinajstić information content (AvgIpc) is 3.04. The van der Waals surface area contributed by atoms with Gasteiger partial charge in [0, 0.05) is 11.8 Å².